The van der Waals surface area contributed by atoms with E-state index in [1.165, 1.54) is 129 Å². The van der Waals surface area contributed by atoms with E-state index in [1.54, 1.807) is 51.5 Å². The number of aromatic amines is 1. The van der Waals surface area contributed by atoms with Crippen LogP contribution >= 0.6 is 56.7 Å². The van der Waals surface area contributed by atoms with Gasteiger partial charge in [-0.3, -0.25) is 24.0 Å². The second-order valence-corrected chi connectivity index (χ2v) is 33.3. The molecule has 466 valence electrons. The predicted molar refractivity (Wildman–Crippen MR) is 358 cm³/mol. The average Bonchev–Trinajstić information content (AvgIpc) is 3.09. The molecule has 0 amide bonds. The number of hydrogen-bond acceptors (Lipinski definition) is 15. The lowest BCUT2D eigenvalue weighted by atomic mass is 9.88. The number of carboxylic acid groups (broad SMARTS) is 1. The minimum absolute atomic E-state index is 0. The van der Waals surface area contributed by atoms with Crippen LogP contribution in [0.1, 0.15) is 281 Å². The number of carbonyl (C=O) groups is 5. The molecule has 6 aromatic rings. The number of fused-ring (bicyclic) bond motifs is 7. The molecule has 12 nitrogen and oxygen atoms in total. The van der Waals surface area contributed by atoms with Crippen molar-refractivity contribution >= 4 is 96.4 Å². The van der Waals surface area contributed by atoms with Crippen molar-refractivity contribution in [2.45, 2.75) is 250 Å². The zero-order valence-corrected chi connectivity index (χ0v) is 56.3. The standard InChI is InChI=1S/C15H22N2OS.C15H20O2S.C14H20OS.C10H10N2OS.C9H10O2S.C4H11N.CH4/c1-15(2,3)8-12(18)14-11(9-17-16)10-6-4-5-7-13(10)19-14;1-15(2,3)8-12(17)14-11(9-16)10-6-4-5-7-13(10)18-14;1-14(2,3)9-11(15)13-8-10-6-4-5-7-12(10)16-13;13-10-9-7(5-11-12-10)6-3-1-2-4-8(6)14-9;10-9(11)8-5-6-3-1-2-4-7(6)12-8;1-4(2,3)5;/h16H,4-9H2,1-3H3;9H,4-8H2,1-3H3;8H,4-7,9H2,1-3H3;5H,1-4H2,(H,12,13);5H,1-4H2,(H,10,11);5H2,1-3H3;1H4. The number of nitrogens with two attached hydrogens (primary N) is 1. The molecule has 0 unspecified atom stereocenters. The van der Waals surface area contributed by atoms with Gasteiger partial charge in [-0.1, -0.05) is 69.7 Å². The summed E-state index contributed by atoms with van der Waals surface area (Å²) in [5, 5.41) is 19.7. The number of rotatable bonds is 10. The Morgan fingerprint density at radius 2 is 0.976 bits per heavy atom. The van der Waals surface area contributed by atoms with Crippen LogP contribution in [0.3, 0.4) is 0 Å². The summed E-state index contributed by atoms with van der Waals surface area (Å²) in [6.45, 7) is 25.1. The van der Waals surface area contributed by atoms with Crippen molar-refractivity contribution in [2.75, 3.05) is 0 Å². The molecule has 5 N–H and O–H groups in total. The molecule has 0 bridgehead atoms. The Morgan fingerprint density at radius 1 is 0.576 bits per heavy atom. The van der Waals surface area contributed by atoms with Gasteiger partial charge in [0.15, 0.2) is 23.6 Å². The van der Waals surface area contributed by atoms with E-state index in [1.807, 2.05) is 26.8 Å². The van der Waals surface area contributed by atoms with E-state index in [2.05, 4.69) is 83.7 Å². The predicted octanol–water partition coefficient (Wildman–Crippen LogP) is 18.6. The summed E-state index contributed by atoms with van der Waals surface area (Å²) in [6.07, 6.45) is 27.5. The van der Waals surface area contributed by atoms with Crippen LogP contribution in [0.25, 0.3) is 10.1 Å². The monoisotopic (exact) mass is 1260 g/mol. The first-order chi connectivity index (χ1) is 39.4. The third-order valence-electron chi connectivity index (χ3n) is 14.7. The number of Topliss-reactive ketones (excluding diaryl/α,β-unsaturated/α-hetero) is 3. The van der Waals surface area contributed by atoms with Crippen LogP contribution in [0.2, 0.25) is 0 Å². The molecule has 0 aromatic carbocycles. The van der Waals surface area contributed by atoms with Crippen molar-refractivity contribution in [1.29, 1.82) is 5.53 Å². The van der Waals surface area contributed by atoms with Gasteiger partial charge < -0.3 is 10.8 Å². The van der Waals surface area contributed by atoms with Crippen molar-refractivity contribution < 1.29 is 29.1 Å². The lowest BCUT2D eigenvalue weighted by Gasteiger charge is -2.16. The van der Waals surface area contributed by atoms with Gasteiger partial charge >= 0.3 is 5.97 Å². The molecule has 5 aliphatic rings. The number of thiophene rings is 5. The molecule has 0 spiro atoms. The summed E-state index contributed by atoms with van der Waals surface area (Å²) in [4.78, 5) is 80.1. The molecule has 0 fully saturated rings. The molecular formula is C68H97N5O7S5. The minimum Gasteiger partial charge on any atom is -0.477 e. The Labute approximate surface area is 526 Å². The minimum atomic E-state index is -0.783. The number of carboxylic acids is 1. The molecule has 0 aliphatic heterocycles. The van der Waals surface area contributed by atoms with E-state index < -0.39 is 5.97 Å². The van der Waals surface area contributed by atoms with Gasteiger partial charge in [0.1, 0.15) is 9.58 Å². The van der Waals surface area contributed by atoms with E-state index in [9.17, 15) is 28.8 Å². The first kappa shape index (κ1) is 71.1. The second-order valence-electron chi connectivity index (χ2n) is 27.7. The van der Waals surface area contributed by atoms with Crippen molar-refractivity contribution in [3.8, 4) is 0 Å². The number of nitrogens with one attached hydrogen (secondary N) is 2. The fraction of sp³-hybridized carbons (Fsp3) is 0.603. The van der Waals surface area contributed by atoms with E-state index in [4.69, 9.17) is 16.4 Å². The van der Waals surface area contributed by atoms with Gasteiger partial charge in [-0.15, -0.1) is 56.7 Å². The number of ketones is 3. The first-order valence-corrected chi connectivity index (χ1v) is 34.4. The van der Waals surface area contributed by atoms with E-state index >= 15 is 0 Å². The molecule has 6 heterocycles. The van der Waals surface area contributed by atoms with Crippen molar-refractivity contribution in [1.82, 2.24) is 10.2 Å². The number of aromatic nitrogens is 2. The van der Waals surface area contributed by atoms with Crippen molar-refractivity contribution in [3.63, 3.8) is 0 Å². The van der Waals surface area contributed by atoms with Gasteiger partial charge in [0, 0.05) is 65.7 Å². The van der Waals surface area contributed by atoms with Gasteiger partial charge in [0.2, 0.25) is 0 Å². The lowest BCUT2D eigenvalue weighted by Crippen LogP contribution is -2.26. The van der Waals surface area contributed by atoms with Crippen LogP contribution in [0.5, 0.6) is 0 Å². The van der Waals surface area contributed by atoms with Crippen LogP contribution in [0, 0.1) is 21.8 Å². The van der Waals surface area contributed by atoms with Crippen LogP contribution in [-0.2, 0) is 70.8 Å². The zero-order valence-electron chi connectivity index (χ0n) is 52.2. The highest BCUT2D eigenvalue weighted by atomic mass is 32.1. The van der Waals surface area contributed by atoms with Gasteiger partial charge in [-0.05, 0) is 205 Å². The molecule has 0 saturated carbocycles. The third kappa shape index (κ3) is 21.6. The molecule has 6 aromatic heterocycles. The van der Waals surface area contributed by atoms with Crippen LogP contribution in [0.4, 0.5) is 0 Å². The highest BCUT2D eigenvalue weighted by Gasteiger charge is 2.29. The summed E-state index contributed by atoms with van der Waals surface area (Å²) in [7, 11) is 0. The smallest absolute Gasteiger partial charge is 0.345 e. The van der Waals surface area contributed by atoms with Crippen LogP contribution in [-0.4, -0.2) is 50.4 Å². The number of carbonyl (C=O) groups excluding carboxylic acids is 4. The highest BCUT2D eigenvalue weighted by molar-refractivity contribution is 7.19. The molecule has 0 radical (unpaired) electrons. The maximum absolute atomic E-state index is 12.5. The van der Waals surface area contributed by atoms with Crippen LogP contribution < -0.4 is 11.3 Å². The Hall–Kier alpha value is -4.65. The number of nitrogens with zero attached hydrogens (tertiary/aromatic N) is 2. The SMILES string of the molecule is C.CC(C)(C)CC(=O)c1cc2c(s1)CCCC2.CC(C)(C)CC(=O)c1sc2c(c1C=O)CCCC2.CC(C)(C)CC(=O)c1sc2c(c1CN=N)CCCC2.CC(C)(C)N.O=C(O)c1cc2c(s1)CCCC2.O=c1[nH]ncc2c3c(sc12)CCCC3. The maximum atomic E-state index is 12.5. The van der Waals surface area contributed by atoms with Crippen molar-refractivity contribution in [2.24, 2.45) is 27.1 Å². The van der Waals surface area contributed by atoms with Gasteiger partial charge in [0.05, 0.1) is 27.4 Å². The summed E-state index contributed by atoms with van der Waals surface area (Å²) in [5.41, 5.74) is 20.8. The Balaban J connectivity index is 0.000000191. The lowest BCUT2D eigenvalue weighted by molar-refractivity contribution is 0.0700. The average molecular weight is 1260 g/mol. The quantitative estimate of drug-likeness (QED) is 0.0582. The Morgan fingerprint density at radius 3 is 1.46 bits per heavy atom. The highest BCUT2D eigenvalue weighted by Crippen LogP contribution is 2.39. The second kappa shape index (κ2) is 31.5. The molecule has 85 heavy (non-hydrogen) atoms. The summed E-state index contributed by atoms with van der Waals surface area (Å²) >= 11 is 8.03. The van der Waals surface area contributed by atoms with E-state index in [-0.39, 0.29) is 46.3 Å². The van der Waals surface area contributed by atoms with Crippen LogP contribution in [0.15, 0.2) is 28.2 Å². The Bertz CT molecular complexity index is 3260. The summed E-state index contributed by atoms with van der Waals surface area (Å²) in [5.74, 6) is -0.101. The topological polar surface area (TPSA) is 214 Å². The maximum Gasteiger partial charge on any atom is 0.345 e. The number of aldehydes is 1. The normalized spacial score (nSPS) is 15.1. The fourth-order valence-corrected chi connectivity index (χ4v) is 17.2. The molecule has 0 saturated heterocycles. The molecule has 0 atom stereocenters. The molecule has 17 heteroatoms. The van der Waals surface area contributed by atoms with E-state index in [0.717, 1.165) is 95.0 Å². The molecule has 5 aliphatic carbocycles. The molecular weight excluding hydrogens is 1160 g/mol. The number of aromatic carboxylic acids is 1. The molecule has 11 rings (SSSR count). The first-order valence-electron chi connectivity index (χ1n) is 30.3. The fourth-order valence-electron chi connectivity index (χ4n) is 11.0. The largest absolute Gasteiger partial charge is 0.477 e. The number of hydrogen-bond donors (Lipinski definition) is 4. The summed E-state index contributed by atoms with van der Waals surface area (Å²) in [6, 6.07) is 3.98. The van der Waals surface area contributed by atoms with Crippen molar-refractivity contribution in [3.05, 3.63) is 112 Å². The van der Waals surface area contributed by atoms with Gasteiger partial charge in [-0.2, -0.15) is 10.2 Å². The van der Waals surface area contributed by atoms with E-state index in [0.29, 0.717) is 46.9 Å². The summed E-state index contributed by atoms with van der Waals surface area (Å²) < 4.78 is 0.854. The number of aryl methyl sites for hydroxylation is 8. The number of H-pyrrole nitrogens is 1. The third-order valence-corrected chi connectivity index (χ3v) is 21.2. The zero-order chi connectivity index (χ0) is 61.7. The van der Waals surface area contributed by atoms with Gasteiger partial charge in [-0.25, -0.2) is 15.4 Å². The Kier molecular flexibility index (Phi) is 26.4. The van der Waals surface area contributed by atoms with Gasteiger partial charge in [0.25, 0.3) is 5.56 Å².